The minimum absolute atomic E-state index is 0.00892. The van der Waals surface area contributed by atoms with Gasteiger partial charge in [0.2, 0.25) is 5.91 Å². The molecule has 3 N–H and O–H groups in total. The van der Waals surface area contributed by atoms with Crippen LogP contribution in [-0.2, 0) is 4.79 Å². The van der Waals surface area contributed by atoms with Gasteiger partial charge in [-0.2, -0.15) is 10.2 Å². The first-order valence-corrected chi connectivity index (χ1v) is 13.1. The third kappa shape index (κ3) is 3.57. The average molecular weight is 456 g/mol. The van der Waals surface area contributed by atoms with Crippen LogP contribution in [0.2, 0.25) is 0 Å². The van der Waals surface area contributed by atoms with Gasteiger partial charge in [0.1, 0.15) is 0 Å². The van der Waals surface area contributed by atoms with Crippen LogP contribution in [-0.4, -0.2) is 40.5 Å². The normalized spacial score (nSPS) is 47.7. The Bertz CT molecular complexity index is 861. The highest BCUT2D eigenvalue weighted by atomic mass is 16.3. The number of nitrogens with one attached hydrogen (secondary N) is 1. The summed E-state index contributed by atoms with van der Waals surface area (Å²) >= 11 is 0. The molecule has 4 aliphatic carbocycles. The van der Waals surface area contributed by atoms with E-state index in [1.165, 1.54) is 0 Å². The van der Waals surface area contributed by atoms with Gasteiger partial charge in [0.05, 0.1) is 18.8 Å². The zero-order chi connectivity index (χ0) is 23.6. The number of amides is 1. The number of terminal acetylenes is 1. The van der Waals surface area contributed by atoms with Crippen molar-refractivity contribution in [2.75, 3.05) is 6.54 Å². The van der Waals surface area contributed by atoms with Gasteiger partial charge in [0.15, 0.2) is 5.66 Å². The van der Waals surface area contributed by atoms with Crippen LogP contribution in [0.5, 0.6) is 0 Å². The van der Waals surface area contributed by atoms with Crippen LogP contribution in [0.15, 0.2) is 10.2 Å². The maximum atomic E-state index is 12.1. The van der Waals surface area contributed by atoms with Gasteiger partial charge in [0, 0.05) is 6.42 Å². The summed E-state index contributed by atoms with van der Waals surface area (Å²) in [5.74, 6) is 4.58. The molecule has 4 saturated carbocycles. The van der Waals surface area contributed by atoms with Gasteiger partial charge in [-0.3, -0.25) is 4.79 Å². The smallest absolute Gasteiger partial charge is 0.220 e. The van der Waals surface area contributed by atoms with Gasteiger partial charge in [-0.05, 0) is 97.7 Å². The Labute approximate surface area is 198 Å². The van der Waals surface area contributed by atoms with Crippen molar-refractivity contribution in [1.29, 1.82) is 0 Å². The van der Waals surface area contributed by atoms with Gasteiger partial charge in [-0.15, -0.1) is 6.42 Å². The number of hydrogen-bond acceptors (Lipinski definition) is 5. The Morgan fingerprint density at radius 3 is 2.64 bits per heavy atom. The number of rotatable bonds is 5. The van der Waals surface area contributed by atoms with E-state index in [9.17, 15) is 15.0 Å². The lowest BCUT2D eigenvalue weighted by Gasteiger charge is -2.63. The van der Waals surface area contributed by atoms with E-state index in [-0.39, 0.29) is 47.1 Å². The molecule has 6 heteroatoms. The second-order valence-electron chi connectivity index (χ2n) is 12.5. The van der Waals surface area contributed by atoms with E-state index in [4.69, 9.17) is 6.42 Å². The van der Waals surface area contributed by atoms with Crippen molar-refractivity contribution in [3.63, 3.8) is 0 Å². The first kappa shape index (κ1) is 23.3. The largest absolute Gasteiger partial charge is 0.393 e. The van der Waals surface area contributed by atoms with Gasteiger partial charge < -0.3 is 15.5 Å². The zero-order valence-electron chi connectivity index (χ0n) is 20.5. The van der Waals surface area contributed by atoms with Crippen LogP contribution in [0.1, 0.15) is 78.6 Å². The summed E-state index contributed by atoms with van der Waals surface area (Å²) < 4.78 is 0. The predicted molar refractivity (Wildman–Crippen MR) is 126 cm³/mol. The molecule has 1 amide bonds. The van der Waals surface area contributed by atoms with Gasteiger partial charge >= 0.3 is 0 Å². The Balaban J connectivity index is 1.33. The fourth-order valence-corrected chi connectivity index (χ4v) is 9.18. The van der Waals surface area contributed by atoms with Crippen molar-refractivity contribution >= 4 is 5.91 Å². The summed E-state index contributed by atoms with van der Waals surface area (Å²) in [7, 11) is 0. The highest BCUT2D eigenvalue weighted by Crippen LogP contribution is 2.69. The minimum atomic E-state index is -0.358. The van der Waals surface area contributed by atoms with Crippen LogP contribution in [0.25, 0.3) is 0 Å². The molecule has 5 rings (SSSR count). The monoisotopic (exact) mass is 455 g/mol. The Morgan fingerprint density at radius 1 is 1.18 bits per heavy atom. The summed E-state index contributed by atoms with van der Waals surface area (Å²) in [4.78, 5) is 12.1. The molecule has 0 unspecified atom stereocenters. The van der Waals surface area contributed by atoms with E-state index in [0.717, 1.165) is 51.4 Å². The lowest BCUT2D eigenvalue weighted by Crippen LogP contribution is -2.62. The van der Waals surface area contributed by atoms with Gasteiger partial charge in [-0.25, -0.2) is 0 Å². The molecule has 33 heavy (non-hydrogen) atoms. The SMILES string of the molecule is C#CCNC(=O)CC[C@@H](C)[C@H]1CC[C@H]2[C@@H]3[C@H](O)C[C@@H]4CC5(CC[C@]4(C)[C@H]3C[C@H](O)[C@]12C)N=N5. The number of hydrogen-bond donors (Lipinski definition) is 3. The second-order valence-corrected chi connectivity index (χ2v) is 12.5. The molecule has 0 aromatic heterocycles. The molecule has 0 radical (unpaired) electrons. The quantitative estimate of drug-likeness (QED) is 0.549. The molecule has 1 aliphatic heterocycles. The van der Waals surface area contributed by atoms with Crippen LogP contribution in [0.3, 0.4) is 0 Å². The van der Waals surface area contributed by atoms with Crippen LogP contribution >= 0.6 is 0 Å². The Kier molecular flexibility index (Phi) is 5.69. The van der Waals surface area contributed by atoms with E-state index in [1.807, 2.05) is 0 Å². The van der Waals surface area contributed by atoms with Crippen molar-refractivity contribution in [1.82, 2.24) is 5.32 Å². The van der Waals surface area contributed by atoms with Crippen molar-refractivity contribution in [2.45, 2.75) is 96.4 Å². The van der Waals surface area contributed by atoms with E-state index in [0.29, 0.717) is 36.0 Å². The number of aliphatic hydroxyl groups excluding tert-OH is 2. The summed E-state index contributed by atoms with van der Waals surface area (Å²) in [6.45, 7) is 7.22. The second kappa shape index (κ2) is 8.05. The molecule has 0 bridgehead atoms. The highest BCUT2D eigenvalue weighted by molar-refractivity contribution is 5.76. The van der Waals surface area contributed by atoms with E-state index < -0.39 is 0 Å². The first-order valence-electron chi connectivity index (χ1n) is 13.1. The van der Waals surface area contributed by atoms with Gasteiger partial charge in [0.25, 0.3) is 0 Å². The van der Waals surface area contributed by atoms with E-state index in [1.54, 1.807) is 0 Å². The lowest BCUT2D eigenvalue weighted by molar-refractivity contribution is -0.203. The van der Waals surface area contributed by atoms with E-state index >= 15 is 0 Å². The van der Waals surface area contributed by atoms with Crippen molar-refractivity contribution in [3.05, 3.63) is 0 Å². The molecule has 0 saturated heterocycles. The number of aliphatic hydroxyl groups is 2. The number of nitrogens with zero attached hydrogens (tertiary/aromatic N) is 2. The maximum Gasteiger partial charge on any atom is 0.220 e. The fraction of sp³-hybridized carbons (Fsp3) is 0.889. The molecule has 4 fully saturated rings. The van der Waals surface area contributed by atoms with Crippen LogP contribution < -0.4 is 5.32 Å². The highest BCUT2D eigenvalue weighted by Gasteiger charge is 2.67. The van der Waals surface area contributed by atoms with Crippen molar-refractivity contribution < 1.29 is 15.0 Å². The van der Waals surface area contributed by atoms with Crippen molar-refractivity contribution in [3.8, 4) is 12.3 Å². The summed E-state index contributed by atoms with van der Waals surface area (Å²) in [6, 6.07) is 0. The summed E-state index contributed by atoms with van der Waals surface area (Å²) in [5.41, 5.74) is -0.181. The van der Waals surface area contributed by atoms with Crippen molar-refractivity contribution in [2.24, 2.45) is 56.6 Å². The summed E-state index contributed by atoms with van der Waals surface area (Å²) in [5, 5.41) is 34.6. The summed E-state index contributed by atoms with van der Waals surface area (Å²) in [6.07, 6.45) is 12.7. The number of carbonyl (C=O) groups excluding carboxylic acids is 1. The standard InChI is InChI=1S/C27H41N3O3/c1-5-12-28-23(33)9-6-16(2)18-7-8-19-24-20(14-22(32)26(18,19)4)25(3)10-11-27(29-30-27)15-17(25)13-21(24)31/h1,16-22,24,31-32H,6-15H2,2-4H3,(H,28,33)/t16-,17-,18-,19+,20+,21-,22+,24+,25+,26-/m1/s1. The lowest BCUT2D eigenvalue weighted by atomic mass is 9.42. The number of carbonyl (C=O) groups is 1. The zero-order valence-corrected chi connectivity index (χ0v) is 20.5. The molecule has 10 atom stereocenters. The third-order valence-electron chi connectivity index (χ3n) is 11.2. The van der Waals surface area contributed by atoms with Crippen LogP contribution in [0, 0.1) is 58.7 Å². The van der Waals surface area contributed by atoms with E-state index in [2.05, 4.69) is 42.2 Å². The molecule has 6 nitrogen and oxygen atoms in total. The minimum Gasteiger partial charge on any atom is -0.393 e. The molecular weight excluding hydrogens is 414 g/mol. The van der Waals surface area contributed by atoms with Gasteiger partial charge in [-0.1, -0.05) is 26.7 Å². The Hall–Kier alpha value is -1.45. The average Bonchev–Trinajstić information content (AvgIpc) is 3.44. The molecule has 1 spiro atoms. The third-order valence-corrected chi connectivity index (χ3v) is 11.2. The first-order chi connectivity index (χ1) is 15.6. The molecule has 1 heterocycles. The molecule has 5 aliphatic rings. The van der Waals surface area contributed by atoms with Crippen LogP contribution in [0.4, 0.5) is 0 Å². The Morgan fingerprint density at radius 2 is 1.94 bits per heavy atom. The maximum absolute atomic E-state index is 12.1. The fourth-order valence-electron chi connectivity index (χ4n) is 9.18. The predicted octanol–water partition coefficient (Wildman–Crippen LogP) is 3.91. The molecular formula is C27H41N3O3. The molecule has 0 aromatic rings. The molecule has 182 valence electrons. The number of fused-ring (bicyclic) bond motifs is 5. The molecule has 0 aromatic carbocycles. The topological polar surface area (TPSA) is 94.3 Å².